The Morgan fingerprint density at radius 3 is 2.00 bits per heavy atom. The lowest BCUT2D eigenvalue weighted by Crippen LogP contribution is -2.26. The highest BCUT2D eigenvalue weighted by Crippen LogP contribution is 2.31. The Kier molecular flexibility index (Phi) is 3.53. The van der Waals surface area contributed by atoms with Gasteiger partial charge in [0.15, 0.2) is 0 Å². The molecule has 0 radical (unpaired) electrons. The van der Waals surface area contributed by atoms with Gasteiger partial charge in [-0.2, -0.15) is 5.10 Å². The molecule has 0 aliphatic heterocycles. The predicted octanol–water partition coefficient (Wildman–Crippen LogP) is 2.20. The monoisotopic (exact) mass is 291 g/mol. The molecular weight excluding hydrogens is 278 g/mol. The van der Waals surface area contributed by atoms with Crippen LogP contribution in [0.15, 0.2) is 65.5 Å². The molecule has 1 aromatic heterocycles. The van der Waals surface area contributed by atoms with Gasteiger partial charge in [-0.15, -0.1) is 0 Å². The third-order valence-electron chi connectivity index (χ3n) is 3.34. The molecule has 0 unspecified atom stereocenters. The van der Waals surface area contributed by atoms with Crippen LogP contribution in [0.25, 0.3) is 22.4 Å². The smallest absolute Gasteiger partial charge is 0.277 e. The van der Waals surface area contributed by atoms with Gasteiger partial charge in [0.05, 0.1) is 5.69 Å². The molecule has 2 aromatic carbocycles. The van der Waals surface area contributed by atoms with Crippen LogP contribution in [0.4, 0.5) is 0 Å². The van der Waals surface area contributed by atoms with Gasteiger partial charge in [-0.1, -0.05) is 60.7 Å². The summed E-state index contributed by atoms with van der Waals surface area (Å²) in [5.41, 5.74) is 7.21. The average molecular weight is 291 g/mol. The number of hydrogen-bond acceptors (Lipinski definition) is 3. The molecule has 108 valence electrons. The molecule has 0 aliphatic carbocycles. The highest BCUT2D eigenvalue weighted by Gasteiger charge is 2.20. The summed E-state index contributed by atoms with van der Waals surface area (Å²) >= 11 is 0. The maximum absolute atomic E-state index is 12.0. The van der Waals surface area contributed by atoms with Gasteiger partial charge in [0.25, 0.3) is 11.5 Å². The van der Waals surface area contributed by atoms with Crippen LogP contribution in [-0.2, 0) is 0 Å². The van der Waals surface area contributed by atoms with Crippen molar-refractivity contribution in [1.82, 2.24) is 10.2 Å². The van der Waals surface area contributed by atoms with Crippen molar-refractivity contribution in [1.29, 1.82) is 0 Å². The fraction of sp³-hybridized carbons (Fsp3) is 0. The number of hydrogen-bond donors (Lipinski definition) is 2. The summed E-state index contributed by atoms with van der Waals surface area (Å²) in [5.74, 6) is -0.778. The second-order valence-corrected chi connectivity index (χ2v) is 4.75. The zero-order valence-corrected chi connectivity index (χ0v) is 11.6. The minimum atomic E-state index is -0.778. The number of carbonyl (C=O) groups excluding carboxylic acids is 1. The largest absolute Gasteiger partial charge is 0.365 e. The lowest BCUT2D eigenvalue weighted by Gasteiger charge is -2.11. The molecule has 0 fully saturated rings. The lowest BCUT2D eigenvalue weighted by atomic mass is 9.95. The highest BCUT2D eigenvalue weighted by atomic mass is 16.2. The van der Waals surface area contributed by atoms with Crippen LogP contribution in [0, 0.1) is 0 Å². The van der Waals surface area contributed by atoms with Gasteiger partial charge < -0.3 is 5.73 Å². The van der Waals surface area contributed by atoms with Crippen LogP contribution < -0.4 is 11.3 Å². The van der Waals surface area contributed by atoms with Crippen LogP contribution in [0.1, 0.15) is 10.4 Å². The fourth-order valence-electron chi connectivity index (χ4n) is 2.38. The number of H-pyrrole nitrogens is 1. The predicted molar refractivity (Wildman–Crippen MR) is 84.2 cm³/mol. The number of carbonyl (C=O) groups is 1. The van der Waals surface area contributed by atoms with Crippen molar-refractivity contribution in [3.63, 3.8) is 0 Å². The molecule has 0 spiro atoms. The number of benzene rings is 2. The standard InChI is InChI=1S/C17H13N3O2/c18-16(21)14-13(11-7-3-1-4-8-11)15(19-20-17(14)22)12-9-5-2-6-10-12/h1-10H,(H2,18,21)(H,20,22). The molecule has 0 saturated carbocycles. The summed E-state index contributed by atoms with van der Waals surface area (Å²) in [6.07, 6.45) is 0. The van der Waals surface area contributed by atoms with Gasteiger partial charge in [0.2, 0.25) is 0 Å². The van der Waals surface area contributed by atoms with E-state index in [0.29, 0.717) is 16.8 Å². The molecule has 5 heteroatoms. The molecule has 5 nitrogen and oxygen atoms in total. The minimum absolute atomic E-state index is 0.0833. The van der Waals surface area contributed by atoms with Crippen molar-refractivity contribution in [2.45, 2.75) is 0 Å². The van der Waals surface area contributed by atoms with Crippen molar-refractivity contribution < 1.29 is 4.79 Å². The topological polar surface area (TPSA) is 88.8 Å². The first-order chi connectivity index (χ1) is 10.7. The Morgan fingerprint density at radius 2 is 1.45 bits per heavy atom. The third-order valence-corrected chi connectivity index (χ3v) is 3.34. The molecule has 0 aliphatic rings. The molecule has 1 heterocycles. The van der Waals surface area contributed by atoms with Gasteiger partial charge in [0, 0.05) is 11.1 Å². The van der Waals surface area contributed by atoms with Gasteiger partial charge in [-0.3, -0.25) is 9.59 Å². The molecule has 3 N–H and O–H groups in total. The SMILES string of the molecule is NC(=O)c1c(-c2ccccc2)c(-c2ccccc2)n[nH]c1=O. The van der Waals surface area contributed by atoms with E-state index in [4.69, 9.17) is 5.73 Å². The van der Waals surface area contributed by atoms with E-state index < -0.39 is 11.5 Å². The quantitative estimate of drug-likeness (QED) is 0.775. The van der Waals surface area contributed by atoms with E-state index in [1.54, 1.807) is 0 Å². The van der Waals surface area contributed by atoms with Gasteiger partial charge in [0.1, 0.15) is 5.56 Å². The van der Waals surface area contributed by atoms with E-state index in [-0.39, 0.29) is 5.56 Å². The van der Waals surface area contributed by atoms with Gasteiger partial charge >= 0.3 is 0 Å². The molecule has 0 atom stereocenters. The summed E-state index contributed by atoms with van der Waals surface area (Å²) < 4.78 is 0. The number of aromatic nitrogens is 2. The normalized spacial score (nSPS) is 10.4. The molecule has 0 bridgehead atoms. The van der Waals surface area contributed by atoms with Crippen molar-refractivity contribution in [3.8, 4) is 22.4 Å². The highest BCUT2D eigenvalue weighted by molar-refractivity contribution is 6.02. The van der Waals surface area contributed by atoms with Crippen LogP contribution in [0.5, 0.6) is 0 Å². The number of aromatic amines is 1. The summed E-state index contributed by atoms with van der Waals surface area (Å²) in [5, 5.41) is 6.47. The Balaban J connectivity index is 2.39. The zero-order chi connectivity index (χ0) is 15.5. The van der Waals surface area contributed by atoms with E-state index in [9.17, 15) is 9.59 Å². The number of amides is 1. The van der Waals surface area contributed by atoms with Crippen molar-refractivity contribution in [2.24, 2.45) is 5.73 Å². The number of nitrogens with two attached hydrogens (primary N) is 1. The summed E-state index contributed by atoms with van der Waals surface area (Å²) in [7, 11) is 0. The molecule has 3 rings (SSSR count). The fourth-order valence-corrected chi connectivity index (χ4v) is 2.38. The lowest BCUT2D eigenvalue weighted by molar-refractivity contribution is 0.0999. The van der Waals surface area contributed by atoms with E-state index in [1.165, 1.54) is 0 Å². The van der Waals surface area contributed by atoms with Crippen LogP contribution in [0.2, 0.25) is 0 Å². The second-order valence-electron chi connectivity index (χ2n) is 4.75. The molecule has 0 saturated heterocycles. The summed E-state index contributed by atoms with van der Waals surface area (Å²) in [6, 6.07) is 18.5. The Morgan fingerprint density at radius 1 is 0.909 bits per heavy atom. The molecule has 1 amide bonds. The minimum Gasteiger partial charge on any atom is -0.365 e. The Labute approximate surface area is 126 Å². The van der Waals surface area contributed by atoms with Gasteiger partial charge in [-0.05, 0) is 5.56 Å². The Hall–Kier alpha value is -3.21. The Bertz CT molecular complexity index is 871. The second kappa shape index (κ2) is 5.65. The maximum Gasteiger partial charge on any atom is 0.277 e. The number of nitrogens with zero attached hydrogens (tertiary/aromatic N) is 1. The average Bonchev–Trinajstić information content (AvgIpc) is 2.56. The number of primary amides is 1. The van der Waals surface area contributed by atoms with E-state index in [0.717, 1.165) is 5.56 Å². The third kappa shape index (κ3) is 2.40. The molecular formula is C17H13N3O2. The van der Waals surface area contributed by atoms with Gasteiger partial charge in [-0.25, -0.2) is 5.10 Å². The summed E-state index contributed by atoms with van der Waals surface area (Å²) in [4.78, 5) is 23.8. The zero-order valence-electron chi connectivity index (χ0n) is 11.6. The first kappa shape index (κ1) is 13.8. The first-order valence-corrected chi connectivity index (χ1v) is 6.72. The number of nitrogens with one attached hydrogen (secondary N) is 1. The van der Waals surface area contributed by atoms with Crippen molar-refractivity contribution in [3.05, 3.63) is 76.6 Å². The van der Waals surface area contributed by atoms with E-state index in [2.05, 4.69) is 10.2 Å². The summed E-state index contributed by atoms with van der Waals surface area (Å²) in [6.45, 7) is 0. The van der Waals surface area contributed by atoms with E-state index in [1.807, 2.05) is 60.7 Å². The van der Waals surface area contributed by atoms with Crippen LogP contribution in [-0.4, -0.2) is 16.1 Å². The van der Waals surface area contributed by atoms with Crippen LogP contribution >= 0.6 is 0 Å². The maximum atomic E-state index is 12.0. The van der Waals surface area contributed by atoms with E-state index >= 15 is 0 Å². The van der Waals surface area contributed by atoms with Crippen molar-refractivity contribution in [2.75, 3.05) is 0 Å². The van der Waals surface area contributed by atoms with Crippen LogP contribution in [0.3, 0.4) is 0 Å². The molecule has 3 aromatic rings. The number of rotatable bonds is 3. The molecule has 22 heavy (non-hydrogen) atoms. The van der Waals surface area contributed by atoms with Crippen molar-refractivity contribution >= 4 is 5.91 Å². The first-order valence-electron chi connectivity index (χ1n) is 6.72.